The number of likely N-dealkylation sites (tertiary alicyclic amines) is 1. The molecule has 2 aromatic rings. The third-order valence-electron chi connectivity index (χ3n) is 4.42. The van der Waals surface area contributed by atoms with Crippen LogP contribution in [0.3, 0.4) is 0 Å². The van der Waals surface area contributed by atoms with Crippen molar-refractivity contribution in [2.45, 2.75) is 25.4 Å². The van der Waals surface area contributed by atoms with Gasteiger partial charge in [0, 0.05) is 18.1 Å². The summed E-state index contributed by atoms with van der Waals surface area (Å²) in [6.45, 7) is 5.15. The first-order valence-electron chi connectivity index (χ1n) is 8.58. The fraction of sp³-hybridized carbons (Fsp3) is 0.400. The van der Waals surface area contributed by atoms with Gasteiger partial charge in [0.2, 0.25) is 0 Å². The van der Waals surface area contributed by atoms with Crippen molar-refractivity contribution in [2.75, 3.05) is 26.2 Å². The lowest BCUT2D eigenvalue weighted by molar-refractivity contribution is 0.00201. The smallest absolute Gasteiger partial charge is 0.165 e. The predicted molar refractivity (Wildman–Crippen MR) is 98.1 cm³/mol. The molecule has 1 heterocycles. The van der Waals surface area contributed by atoms with Crippen molar-refractivity contribution in [2.24, 2.45) is 0 Å². The highest BCUT2D eigenvalue weighted by Gasteiger charge is 2.32. The van der Waals surface area contributed by atoms with Crippen LogP contribution in [0.4, 0.5) is 4.39 Å². The highest BCUT2D eigenvalue weighted by Crippen LogP contribution is 2.28. The second-order valence-corrected chi connectivity index (χ2v) is 7.10. The molecule has 1 saturated heterocycles. The third-order valence-corrected chi connectivity index (χ3v) is 4.67. The predicted octanol–water partition coefficient (Wildman–Crippen LogP) is 4.79. The van der Waals surface area contributed by atoms with Crippen LogP contribution in [0.2, 0.25) is 5.02 Å². The Morgan fingerprint density at radius 3 is 2.68 bits per heavy atom. The molecule has 0 spiro atoms. The molecule has 1 aliphatic heterocycles. The molecule has 0 N–H and O–H groups in total. The summed E-state index contributed by atoms with van der Waals surface area (Å²) in [5.41, 5.74) is -0.246. The number of rotatable bonds is 6. The number of hydrogen-bond acceptors (Lipinski definition) is 3. The first-order chi connectivity index (χ1) is 12.0. The Labute approximate surface area is 153 Å². The SMILES string of the molecule is CC1(Oc2ccc(Cl)cc2)CCCN(CCOc2ccccc2F)C1. The van der Waals surface area contributed by atoms with E-state index in [2.05, 4.69) is 11.8 Å². The lowest BCUT2D eigenvalue weighted by atomic mass is 9.94. The van der Waals surface area contributed by atoms with E-state index in [9.17, 15) is 4.39 Å². The van der Waals surface area contributed by atoms with Crippen LogP contribution >= 0.6 is 11.6 Å². The van der Waals surface area contributed by atoms with Crippen molar-refractivity contribution in [3.63, 3.8) is 0 Å². The van der Waals surface area contributed by atoms with Crippen LogP contribution < -0.4 is 9.47 Å². The Kier molecular flexibility index (Phi) is 5.82. The zero-order valence-electron chi connectivity index (χ0n) is 14.4. The topological polar surface area (TPSA) is 21.7 Å². The number of benzene rings is 2. The largest absolute Gasteiger partial charge is 0.489 e. The van der Waals surface area contributed by atoms with Gasteiger partial charge in [0.05, 0.1) is 0 Å². The maximum absolute atomic E-state index is 13.6. The second-order valence-electron chi connectivity index (χ2n) is 6.66. The average molecular weight is 364 g/mol. The van der Waals surface area contributed by atoms with Gasteiger partial charge in [-0.15, -0.1) is 0 Å². The molecular weight excluding hydrogens is 341 g/mol. The van der Waals surface area contributed by atoms with E-state index in [1.54, 1.807) is 18.2 Å². The van der Waals surface area contributed by atoms with Gasteiger partial charge in [-0.25, -0.2) is 4.39 Å². The highest BCUT2D eigenvalue weighted by atomic mass is 35.5. The summed E-state index contributed by atoms with van der Waals surface area (Å²) in [6.07, 6.45) is 2.06. The first-order valence-corrected chi connectivity index (χ1v) is 8.96. The van der Waals surface area contributed by atoms with Gasteiger partial charge in [0.1, 0.15) is 18.0 Å². The molecule has 1 atom stereocenters. The molecule has 0 aromatic heterocycles. The molecule has 0 bridgehead atoms. The van der Waals surface area contributed by atoms with E-state index >= 15 is 0 Å². The van der Waals surface area contributed by atoms with Crippen molar-refractivity contribution >= 4 is 11.6 Å². The van der Waals surface area contributed by atoms with Crippen LogP contribution in [0.15, 0.2) is 48.5 Å². The zero-order chi connectivity index (χ0) is 17.7. The molecule has 1 unspecified atom stereocenters. The molecule has 134 valence electrons. The minimum absolute atomic E-state index is 0.246. The molecule has 0 saturated carbocycles. The molecule has 3 nitrogen and oxygen atoms in total. The summed E-state index contributed by atoms with van der Waals surface area (Å²) >= 11 is 5.93. The molecule has 0 amide bonds. The number of halogens is 2. The Morgan fingerprint density at radius 1 is 1.16 bits per heavy atom. The molecule has 0 aliphatic carbocycles. The van der Waals surface area contributed by atoms with Crippen LogP contribution in [0.1, 0.15) is 19.8 Å². The Hall–Kier alpha value is -1.78. The Balaban J connectivity index is 1.52. The molecular formula is C20H23ClFNO2. The van der Waals surface area contributed by atoms with Crippen LogP contribution in [0.5, 0.6) is 11.5 Å². The Bertz CT molecular complexity index is 694. The van der Waals surface area contributed by atoms with Gasteiger partial charge in [0.25, 0.3) is 0 Å². The van der Waals surface area contributed by atoms with Gasteiger partial charge in [-0.05, 0) is 62.7 Å². The number of para-hydroxylation sites is 1. The van der Waals surface area contributed by atoms with E-state index in [1.807, 2.05) is 24.3 Å². The highest BCUT2D eigenvalue weighted by molar-refractivity contribution is 6.30. The van der Waals surface area contributed by atoms with Crippen LogP contribution in [0.25, 0.3) is 0 Å². The molecule has 3 rings (SSSR count). The minimum atomic E-state index is -0.322. The summed E-state index contributed by atoms with van der Waals surface area (Å²) < 4.78 is 25.4. The van der Waals surface area contributed by atoms with Crippen LogP contribution in [0, 0.1) is 5.82 Å². The Morgan fingerprint density at radius 2 is 1.92 bits per heavy atom. The van der Waals surface area contributed by atoms with Crippen molar-refractivity contribution in [1.29, 1.82) is 0 Å². The van der Waals surface area contributed by atoms with E-state index in [4.69, 9.17) is 21.1 Å². The van der Waals surface area contributed by atoms with Crippen molar-refractivity contribution in [1.82, 2.24) is 4.90 Å². The van der Waals surface area contributed by atoms with Crippen LogP contribution in [-0.4, -0.2) is 36.7 Å². The second kappa shape index (κ2) is 8.07. The summed E-state index contributed by atoms with van der Waals surface area (Å²) in [5, 5.41) is 0.702. The summed E-state index contributed by atoms with van der Waals surface area (Å²) in [7, 11) is 0. The quantitative estimate of drug-likeness (QED) is 0.736. The van der Waals surface area contributed by atoms with E-state index in [-0.39, 0.29) is 11.4 Å². The van der Waals surface area contributed by atoms with Crippen molar-refractivity contribution in [3.05, 3.63) is 59.4 Å². The molecule has 25 heavy (non-hydrogen) atoms. The molecule has 2 aromatic carbocycles. The standard InChI is InChI=1S/C20H23ClFNO2/c1-20(25-17-9-7-16(21)8-10-17)11-4-12-23(15-20)13-14-24-19-6-3-2-5-18(19)22/h2-3,5-10H,4,11-15H2,1H3. The van der Waals surface area contributed by atoms with Gasteiger partial charge in [-0.2, -0.15) is 0 Å². The van der Waals surface area contributed by atoms with Gasteiger partial charge in [0.15, 0.2) is 11.6 Å². The summed E-state index contributed by atoms with van der Waals surface area (Å²) in [4.78, 5) is 2.31. The lowest BCUT2D eigenvalue weighted by Gasteiger charge is -2.40. The van der Waals surface area contributed by atoms with Crippen molar-refractivity contribution < 1.29 is 13.9 Å². The lowest BCUT2D eigenvalue weighted by Crippen LogP contribution is -2.50. The fourth-order valence-corrected chi connectivity index (χ4v) is 3.34. The zero-order valence-corrected chi connectivity index (χ0v) is 15.1. The number of piperidine rings is 1. The molecule has 1 fully saturated rings. The molecule has 0 radical (unpaired) electrons. The number of nitrogens with zero attached hydrogens (tertiary/aromatic N) is 1. The number of hydrogen-bond donors (Lipinski definition) is 0. The maximum atomic E-state index is 13.6. The van der Waals surface area contributed by atoms with Gasteiger partial charge in [-0.1, -0.05) is 23.7 Å². The van der Waals surface area contributed by atoms with Gasteiger partial charge >= 0.3 is 0 Å². The molecule has 1 aliphatic rings. The van der Waals surface area contributed by atoms with Crippen molar-refractivity contribution in [3.8, 4) is 11.5 Å². The molecule has 5 heteroatoms. The van der Waals surface area contributed by atoms with Gasteiger partial charge in [-0.3, -0.25) is 4.90 Å². The first kappa shape index (κ1) is 18.0. The van der Waals surface area contributed by atoms with E-state index < -0.39 is 0 Å². The third kappa shape index (κ3) is 5.10. The minimum Gasteiger partial charge on any atom is -0.489 e. The number of ether oxygens (including phenoxy) is 2. The monoisotopic (exact) mass is 363 g/mol. The van der Waals surface area contributed by atoms with Gasteiger partial charge < -0.3 is 9.47 Å². The van der Waals surface area contributed by atoms with E-state index in [1.165, 1.54) is 6.07 Å². The fourth-order valence-electron chi connectivity index (χ4n) is 3.22. The van der Waals surface area contributed by atoms with E-state index in [0.29, 0.717) is 17.4 Å². The maximum Gasteiger partial charge on any atom is 0.165 e. The van der Waals surface area contributed by atoms with E-state index in [0.717, 1.165) is 38.2 Å². The van der Waals surface area contributed by atoms with Crippen LogP contribution in [-0.2, 0) is 0 Å². The summed E-state index contributed by atoms with van der Waals surface area (Å²) in [5.74, 6) is 0.813. The summed E-state index contributed by atoms with van der Waals surface area (Å²) in [6, 6.07) is 14.0. The average Bonchev–Trinajstić information content (AvgIpc) is 2.59. The normalized spacial score (nSPS) is 21.1.